The molecule has 1 heterocycles. The van der Waals surface area contributed by atoms with Gasteiger partial charge >= 0.3 is 12.0 Å². The number of amides is 1. The summed E-state index contributed by atoms with van der Waals surface area (Å²) in [5.41, 5.74) is 1.86. The summed E-state index contributed by atoms with van der Waals surface area (Å²) < 4.78 is 15.6. The molecule has 7 nitrogen and oxygen atoms in total. The molecule has 0 fully saturated rings. The predicted molar refractivity (Wildman–Crippen MR) is 107 cm³/mol. The Kier molecular flexibility index (Phi) is 6.78. The summed E-state index contributed by atoms with van der Waals surface area (Å²) in [7, 11) is 0. The van der Waals surface area contributed by atoms with E-state index in [1.54, 1.807) is 13.0 Å². The van der Waals surface area contributed by atoms with E-state index in [2.05, 4.69) is 10.3 Å². The molecule has 0 saturated heterocycles. The third-order valence-corrected chi connectivity index (χ3v) is 3.75. The molecule has 0 aliphatic carbocycles. The highest BCUT2D eigenvalue weighted by atomic mass is 16.5. The van der Waals surface area contributed by atoms with E-state index in [1.165, 1.54) is 6.08 Å². The van der Waals surface area contributed by atoms with Gasteiger partial charge in [0.2, 0.25) is 0 Å². The lowest BCUT2D eigenvalue weighted by atomic mass is 10.2. The monoisotopic (exact) mass is 392 g/mol. The van der Waals surface area contributed by atoms with Crippen LogP contribution in [-0.2, 0) is 16.1 Å². The smallest absolute Gasteiger partial charge is 0.360 e. The summed E-state index contributed by atoms with van der Waals surface area (Å²) in [6, 6.07) is 17.1. The normalized spacial score (nSPS) is 10.7. The Morgan fingerprint density at radius 2 is 1.97 bits per heavy atom. The Labute approximate surface area is 168 Å². The van der Waals surface area contributed by atoms with Crippen LogP contribution in [0.3, 0.4) is 0 Å². The molecule has 1 aromatic heterocycles. The van der Waals surface area contributed by atoms with Crippen molar-refractivity contribution < 1.29 is 23.5 Å². The van der Waals surface area contributed by atoms with Crippen molar-refractivity contribution in [2.45, 2.75) is 13.5 Å². The van der Waals surface area contributed by atoms with E-state index < -0.39 is 11.9 Å². The van der Waals surface area contributed by atoms with Crippen molar-refractivity contribution in [2.24, 2.45) is 0 Å². The van der Waals surface area contributed by atoms with Gasteiger partial charge in [-0.3, -0.25) is 10.1 Å². The summed E-state index contributed by atoms with van der Waals surface area (Å²) in [6.45, 7) is 2.37. The molecule has 0 bridgehead atoms. The van der Waals surface area contributed by atoms with Gasteiger partial charge < -0.3 is 13.9 Å². The summed E-state index contributed by atoms with van der Waals surface area (Å²) in [5, 5.41) is 2.45. The van der Waals surface area contributed by atoms with E-state index in [4.69, 9.17) is 13.9 Å². The molecular weight excluding hydrogens is 372 g/mol. The van der Waals surface area contributed by atoms with Crippen molar-refractivity contribution in [3.63, 3.8) is 0 Å². The zero-order chi connectivity index (χ0) is 20.5. The van der Waals surface area contributed by atoms with E-state index >= 15 is 0 Å². The van der Waals surface area contributed by atoms with Gasteiger partial charge in [-0.05, 0) is 36.3 Å². The van der Waals surface area contributed by atoms with Gasteiger partial charge in [-0.25, -0.2) is 4.79 Å². The number of carbonyl (C=O) groups excluding carboxylic acids is 2. The molecule has 7 heteroatoms. The van der Waals surface area contributed by atoms with E-state index in [0.717, 1.165) is 17.4 Å². The van der Waals surface area contributed by atoms with E-state index in [0.29, 0.717) is 12.4 Å². The van der Waals surface area contributed by atoms with E-state index in [-0.39, 0.29) is 18.3 Å². The fourth-order valence-corrected chi connectivity index (χ4v) is 2.40. The first-order valence-electron chi connectivity index (χ1n) is 9.02. The van der Waals surface area contributed by atoms with Crippen LogP contribution in [0.4, 0.5) is 6.01 Å². The third-order valence-electron chi connectivity index (χ3n) is 3.75. The standard InChI is InChI=1S/C22H20N2O5/c1-2-27-21(26)19-15-29-22(23-19)24-20(25)12-11-16-9-6-10-18(13-16)28-14-17-7-4-3-5-8-17/h3-13,15H,2,14H2,1H3,(H,23,24,25)/b12-11+. The lowest BCUT2D eigenvalue weighted by Crippen LogP contribution is -2.09. The summed E-state index contributed by atoms with van der Waals surface area (Å²) in [6.07, 6.45) is 4.11. The van der Waals surface area contributed by atoms with Gasteiger partial charge in [0, 0.05) is 6.08 Å². The van der Waals surface area contributed by atoms with Crippen LogP contribution in [-0.4, -0.2) is 23.5 Å². The Morgan fingerprint density at radius 1 is 1.14 bits per heavy atom. The molecule has 1 N–H and O–H groups in total. The van der Waals surface area contributed by atoms with Crippen LogP contribution in [0.25, 0.3) is 6.08 Å². The van der Waals surface area contributed by atoms with Gasteiger partial charge in [0.15, 0.2) is 5.69 Å². The Morgan fingerprint density at radius 3 is 2.76 bits per heavy atom. The highest BCUT2D eigenvalue weighted by Crippen LogP contribution is 2.16. The van der Waals surface area contributed by atoms with Crippen molar-refractivity contribution in [3.05, 3.63) is 83.8 Å². The van der Waals surface area contributed by atoms with Crippen molar-refractivity contribution in [1.29, 1.82) is 0 Å². The Hall–Kier alpha value is -3.87. The molecule has 0 atom stereocenters. The molecule has 29 heavy (non-hydrogen) atoms. The molecule has 3 aromatic rings. The van der Waals surface area contributed by atoms with Crippen LogP contribution in [0, 0.1) is 0 Å². The summed E-state index contributed by atoms with van der Waals surface area (Å²) in [5.74, 6) is -0.360. The first-order chi connectivity index (χ1) is 14.1. The van der Waals surface area contributed by atoms with Crippen LogP contribution < -0.4 is 10.1 Å². The highest BCUT2D eigenvalue weighted by molar-refractivity contribution is 6.01. The fourth-order valence-electron chi connectivity index (χ4n) is 2.40. The second-order valence-electron chi connectivity index (χ2n) is 5.93. The second-order valence-corrected chi connectivity index (χ2v) is 5.93. The molecule has 2 aromatic carbocycles. The topological polar surface area (TPSA) is 90.7 Å². The summed E-state index contributed by atoms with van der Waals surface area (Å²) in [4.78, 5) is 27.5. The predicted octanol–water partition coefficient (Wildman–Crippen LogP) is 4.08. The Bertz CT molecular complexity index is 995. The van der Waals surface area contributed by atoms with Crippen molar-refractivity contribution in [1.82, 2.24) is 4.98 Å². The van der Waals surface area contributed by atoms with Crippen LogP contribution >= 0.6 is 0 Å². The van der Waals surface area contributed by atoms with Crippen molar-refractivity contribution in [2.75, 3.05) is 11.9 Å². The maximum absolute atomic E-state index is 12.0. The number of hydrogen-bond acceptors (Lipinski definition) is 6. The van der Waals surface area contributed by atoms with Crippen molar-refractivity contribution in [3.8, 4) is 5.75 Å². The fraction of sp³-hybridized carbons (Fsp3) is 0.136. The summed E-state index contributed by atoms with van der Waals surface area (Å²) >= 11 is 0. The molecule has 0 aliphatic heterocycles. The molecule has 0 spiro atoms. The number of ether oxygens (including phenoxy) is 2. The van der Waals surface area contributed by atoms with Gasteiger partial charge in [-0.2, -0.15) is 4.98 Å². The van der Waals surface area contributed by atoms with Gasteiger partial charge in [0.1, 0.15) is 18.6 Å². The van der Waals surface area contributed by atoms with E-state index in [1.807, 2.05) is 54.6 Å². The number of oxazole rings is 1. The molecule has 0 aliphatic rings. The lowest BCUT2D eigenvalue weighted by molar-refractivity contribution is -0.112. The molecule has 0 radical (unpaired) electrons. The highest BCUT2D eigenvalue weighted by Gasteiger charge is 2.13. The number of hydrogen-bond donors (Lipinski definition) is 1. The average Bonchev–Trinajstić information content (AvgIpc) is 3.21. The molecule has 0 saturated carbocycles. The van der Waals surface area contributed by atoms with Gasteiger partial charge in [-0.1, -0.05) is 42.5 Å². The minimum Gasteiger partial charge on any atom is -0.489 e. The first kappa shape index (κ1) is 19.9. The minimum atomic E-state index is -0.611. The number of carbonyl (C=O) groups is 2. The molecule has 1 amide bonds. The molecule has 3 rings (SSSR count). The van der Waals surface area contributed by atoms with Crippen LogP contribution in [0.15, 0.2) is 71.4 Å². The van der Waals surface area contributed by atoms with Crippen molar-refractivity contribution >= 4 is 24.0 Å². The van der Waals surface area contributed by atoms with Gasteiger partial charge in [0.05, 0.1) is 6.61 Å². The second kappa shape index (κ2) is 9.89. The molecule has 148 valence electrons. The SMILES string of the molecule is CCOC(=O)c1coc(NC(=O)/C=C/c2cccc(OCc3ccccc3)c2)n1. The number of esters is 1. The molecule has 0 unspecified atom stereocenters. The maximum Gasteiger partial charge on any atom is 0.360 e. The van der Waals surface area contributed by atoms with E-state index in [9.17, 15) is 9.59 Å². The zero-order valence-electron chi connectivity index (χ0n) is 15.8. The Balaban J connectivity index is 1.55. The van der Waals surface area contributed by atoms with Crippen LogP contribution in [0.5, 0.6) is 5.75 Å². The lowest BCUT2D eigenvalue weighted by Gasteiger charge is -2.06. The number of aromatic nitrogens is 1. The first-order valence-corrected chi connectivity index (χ1v) is 9.02. The largest absolute Gasteiger partial charge is 0.489 e. The number of nitrogens with zero attached hydrogens (tertiary/aromatic N) is 1. The van der Waals surface area contributed by atoms with Crippen LogP contribution in [0.2, 0.25) is 0 Å². The number of nitrogens with one attached hydrogen (secondary N) is 1. The minimum absolute atomic E-state index is 0.00519. The zero-order valence-corrected chi connectivity index (χ0v) is 15.8. The number of anilines is 1. The molecular formula is C22H20N2O5. The van der Waals surface area contributed by atoms with Crippen LogP contribution in [0.1, 0.15) is 28.5 Å². The average molecular weight is 392 g/mol. The third kappa shape index (κ3) is 6.07. The quantitative estimate of drug-likeness (QED) is 0.459. The van der Waals surface area contributed by atoms with Gasteiger partial charge in [0.25, 0.3) is 5.91 Å². The maximum atomic E-state index is 12.0. The number of rotatable bonds is 8. The number of benzene rings is 2. The van der Waals surface area contributed by atoms with Gasteiger partial charge in [-0.15, -0.1) is 0 Å².